The number of carbonyl (C=O) groups excluding carboxylic acids is 1. The van der Waals surface area contributed by atoms with Gasteiger partial charge in [-0.2, -0.15) is 8.78 Å². The van der Waals surface area contributed by atoms with Crippen LogP contribution in [0.5, 0.6) is 0 Å². The van der Waals surface area contributed by atoms with Gasteiger partial charge >= 0.3 is 12.3 Å². The molecule has 0 N–H and O–H groups in total. The molecular weight excluding hydrogens is 316 g/mol. The Morgan fingerprint density at radius 3 is 2.71 bits per heavy atom. The predicted octanol–water partition coefficient (Wildman–Crippen LogP) is 4.19. The Hall–Kier alpha value is -1.60. The normalized spacial score (nSPS) is 12.3. The minimum atomic E-state index is -4.29. The third kappa shape index (κ3) is 3.74. The van der Waals surface area contributed by atoms with Gasteiger partial charge in [-0.1, -0.05) is 11.6 Å². The third-order valence-electron chi connectivity index (χ3n) is 2.60. The summed E-state index contributed by atoms with van der Waals surface area (Å²) in [4.78, 5) is 11.7. The highest BCUT2D eigenvalue weighted by molar-refractivity contribution is 6.31. The van der Waals surface area contributed by atoms with Gasteiger partial charge in [-0.15, -0.1) is 0 Å². The van der Waals surface area contributed by atoms with Crippen molar-refractivity contribution in [3.05, 3.63) is 35.0 Å². The van der Waals surface area contributed by atoms with Gasteiger partial charge in [-0.3, -0.25) is 4.79 Å². The van der Waals surface area contributed by atoms with E-state index in [9.17, 15) is 22.4 Å². The van der Waals surface area contributed by atoms with Gasteiger partial charge in [-0.25, -0.2) is 8.78 Å². The maximum atomic E-state index is 12.6. The molecule has 2 rings (SSSR count). The van der Waals surface area contributed by atoms with E-state index in [1.165, 1.54) is 6.07 Å². The lowest BCUT2D eigenvalue weighted by molar-refractivity contribution is -0.163. The first-order valence-corrected chi connectivity index (χ1v) is 6.13. The number of benzene rings is 1. The van der Waals surface area contributed by atoms with Gasteiger partial charge in [0.15, 0.2) is 5.76 Å². The number of hydrogen-bond acceptors (Lipinski definition) is 3. The Balaban J connectivity index is 1.99. The average Bonchev–Trinajstić information content (AvgIpc) is 2.81. The minimum Gasteiger partial charge on any atom is -0.453 e. The summed E-state index contributed by atoms with van der Waals surface area (Å²) < 4.78 is 58.5. The molecule has 0 atom stereocenters. The molecule has 0 saturated carbocycles. The SMILES string of the molecule is O=C(COCC(F)(F)C(F)F)c1cc2cc(Cl)ccc2o1. The number of hydrogen-bond donors (Lipinski definition) is 0. The van der Waals surface area contributed by atoms with E-state index in [2.05, 4.69) is 4.74 Å². The first-order chi connectivity index (χ1) is 9.79. The van der Waals surface area contributed by atoms with Crippen molar-refractivity contribution in [2.24, 2.45) is 0 Å². The van der Waals surface area contributed by atoms with Gasteiger partial charge in [0.05, 0.1) is 0 Å². The molecule has 0 aliphatic heterocycles. The van der Waals surface area contributed by atoms with Crippen LogP contribution < -0.4 is 0 Å². The van der Waals surface area contributed by atoms with Gasteiger partial charge in [0.2, 0.25) is 5.78 Å². The van der Waals surface area contributed by atoms with Crippen molar-refractivity contribution in [1.29, 1.82) is 0 Å². The number of rotatable bonds is 6. The van der Waals surface area contributed by atoms with Crippen molar-refractivity contribution in [2.45, 2.75) is 12.3 Å². The van der Waals surface area contributed by atoms with Crippen molar-refractivity contribution in [3.63, 3.8) is 0 Å². The lowest BCUT2D eigenvalue weighted by Crippen LogP contribution is -2.33. The number of halogens is 5. The summed E-state index contributed by atoms with van der Waals surface area (Å²) in [7, 11) is 0. The second-order valence-electron chi connectivity index (χ2n) is 4.27. The molecule has 0 aliphatic rings. The third-order valence-corrected chi connectivity index (χ3v) is 2.84. The van der Waals surface area contributed by atoms with Crippen molar-refractivity contribution in [2.75, 3.05) is 13.2 Å². The van der Waals surface area contributed by atoms with E-state index in [-0.39, 0.29) is 5.76 Å². The molecule has 0 saturated heterocycles. The number of alkyl halides is 4. The molecule has 1 heterocycles. The summed E-state index contributed by atoms with van der Waals surface area (Å²) >= 11 is 5.77. The Bertz CT molecular complexity index is 654. The number of fused-ring (bicyclic) bond motifs is 1. The molecule has 0 spiro atoms. The van der Waals surface area contributed by atoms with Crippen molar-refractivity contribution in [1.82, 2.24) is 0 Å². The van der Waals surface area contributed by atoms with Crippen molar-refractivity contribution < 1.29 is 31.5 Å². The summed E-state index contributed by atoms with van der Waals surface area (Å²) in [6.07, 6.45) is -3.85. The fourth-order valence-corrected chi connectivity index (χ4v) is 1.75. The Morgan fingerprint density at radius 1 is 1.33 bits per heavy atom. The topological polar surface area (TPSA) is 39.4 Å². The maximum Gasteiger partial charge on any atom is 0.330 e. The van der Waals surface area contributed by atoms with E-state index < -0.39 is 31.3 Å². The van der Waals surface area contributed by atoms with Crippen LogP contribution in [-0.4, -0.2) is 31.3 Å². The molecule has 8 heteroatoms. The molecule has 114 valence electrons. The van der Waals surface area contributed by atoms with E-state index in [1.807, 2.05) is 0 Å². The van der Waals surface area contributed by atoms with Crippen LogP contribution in [0.3, 0.4) is 0 Å². The first-order valence-electron chi connectivity index (χ1n) is 5.75. The van der Waals surface area contributed by atoms with Crippen LogP contribution in [0.4, 0.5) is 17.6 Å². The zero-order chi connectivity index (χ0) is 15.6. The van der Waals surface area contributed by atoms with Crippen LogP contribution in [0.2, 0.25) is 5.02 Å². The van der Waals surface area contributed by atoms with Crippen molar-refractivity contribution >= 4 is 28.4 Å². The Labute approximate surface area is 121 Å². The molecule has 1 aromatic carbocycles. The molecule has 0 fully saturated rings. The monoisotopic (exact) mass is 324 g/mol. The van der Waals surface area contributed by atoms with E-state index in [1.54, 1.807) is 18.2 Å². The van der Waals surface area contributed by atoms with Crippen LogP contribution >= 0.6 is 11.6 Å². The highest BCUT2D eigenvalue weighted by atomic mass is 35.5. The summed E-state index contributed by atoms with van der Waals surface area (Å²) in [5.74, 6) is -5.14. The second kappa shape index (κ2) is 6.03. The molecule has 3 nitrogen and oxygen atoms in total. The maximum absolute atomic E-state index is 12.6. The smallest absolute Gasteiger partial charge is 0.330 e. The van der Waals surface area contributed by atoms with Gasteiger partial charge in [-0.05, 0) is 24.3 Å². The van der Waals surface area contributed by atoms with E-state index in [4.69, 9.17) is 16.0 Å². The number of ketones is 1. The zero-order valence-corrected chi connectivity index (χ0v) is 11.2. The quantitative estimate of drug-likeness (QED) is 0.591. The van der Waals surface area contributed by atoms with Crippen LogP contribution in [0.25, 0.3) is 11.0 Å². The summed E-state index contributed by atoms with van der Waals surface area (Å²) in [5, 5.41) is 0.999. The molecule has 1 aromatic heterocycles. The summed E-state index contributed by atoms with van der Waals surface area (Å²) in [5.41, 5.74) is 0.390. The van der Waals surface area contributed by atoms with Gasteiger partial charge in [0, 0.05) is 10.4 Å². The molecule has 0 radical (unpaired) electrons. The number of Topliss-reactive ketones (excluding diaryl/α,β-unsaturated/α-hetero) is 1. The van der Waals surface area contributed by atoms with Gasteiger partial charge in [0.25, 0.3) is 0 Å². The molecule has 0 aliphatic carbocycles. The zero-order valence-electron chi connectivity index (χ0n) is 10.4. The van der Waals surface area contributed by atoms with Gasteiger partial charge < -0.3 is 9.15 Å². The van der Waals surface area contributed by atoms with Gasteiger partial charge in [0.1, 0.15) is 18.8 Å². The predicted molar refractivity (Wildman–Crippen MR) is 67.3 cm³/mol. The number of ether oxygens (including phenoxy) is 1. The average molecular weight is 325 g/mol. The highest BCUT2D eigenvalue weighted by Crippen LogP contribution is 2.24. The fourth-order valence-electron chi connectivity index (χ4n) is 1.57. The first kappa shape index (κ1) is 15.8. The van der Waals surface area contributed by atoms with Crippen LogP contribution in [0, 0.1) is 0 Å². The molecular formula is C13H9ClF4O3. The van der Waals surface area contributed by atoms with Crippen LogP contribution in [0.1, 0.15) is 10.6 Å². The number of furan rings is 1. The lowest BCUT2D eigenvalue weighted by Gasteiger charge is -2.14. The van der Waals surface area contributed by atoms with Crippen molar-refractivity contribution in [3.8, 4) is 0 Å². The van der Waals surface area contributed by atoms with Crippen LogP contribution in [0.15, 0.2) is 28.7 Å². The summed E-state index contributed by atoms with van der Waals surface area (Å²) in [6.45, 7) is -2.32. The molecule has 2 aromatic rings. The Morgan fingerprint density at radius 2 is 2.05 bits per heavy atom. The highest BCUT2D eigenvalue weighted by Gasteiger charge is 2.41. The lowest BCUT2D eigenvalue weighted by atomic mass is 10.2. The second-order valence-corrected chi connectivity index (χ2v) is 4.71. The van der Waals surface area contributed by atoms with E-state index >= 15 is 0 Å². The largest absolute Gasteiger partial charge is 0.453 e. The molecule has 21 heavy (non-hydrogen) atoms. The minimum absolute atomic E-state index is 0.118. The van der Waals surface area contributed by atoms with E-state index in [0.29, 0.717) is 16.0 Å². The number of carbonyl (C=O) groups is 1. The summed E-state index contributed by atoms with van der Waals surface area (Å²) in [6, 6.07) is 6.03. The molecule has 0 amide bonds. The van der Waals surface area contributed by atoms with Crippen LogP contribution in [-0.2, 0) is 4.74 Å². The fraction of sp³-hybridized carbons (Fsp3) is 0.308. The molecule has 0 bridgehead atoms. The Kier molecular flexibility index (Phi) is 4.53. The molecule has 0 unspecified atom stereocenters. The van der Waals surface area contributed by atoms with E-state index in [0.717, 1.165) is 0 Å². The standard InChI is InChI=1S/C13H9ClF4O3/c14-8-1-2-10-7(3-8)4-11(21-10)9(19)5-20-6-13(17,18)12(15)16/h1-4,12H,5-6H2.